The highest BCUT2D eigenvalue weighted by atomic mass is 32.2. The molecule has 0 aromatic heterocycles. The van der Waals surface area contributed by atoms with E-state index >= 15 is 0 Å². The highest BCUT2D eigenvalue weighted by Gasteiger charge is 2.51. The molecular formula is C19H23BFN3O4S2. The van der Waals surface area contributed by atoms with Crippen molar-refractivity contribution < 1.29 is 22.1 Å². The highest BCUT2D eigenvalue weighted by Crippen LogP contribution is 2.36. The molecule has 160 valence electrons. The van der Waals surface area contributed by atoms with Gasteiger partial charge in [0, 0.05) is 5.69 Å². The van der Waals surface area contributed by atoms with Gasteiger partial charge in [0.2, 0.25) is 10.0 Å². The molecule has 0 bridgehead atoms. The number of primary sulfonamides is 1. The average molecular weight is 451 g/mol. The lowest BCUT2D eigenvalue weighted by molar-refractivity contribution is 0.00578. The first-order valence-electron chi connectivity index (χ1n) is 9.14. The van der Waals surface area contributed by atoms with Crippen molar-refractivity contribution in [3.63, 3.8) is 0 Å². The van der Waals surface area contributed by atoms with Gasteiger partial charge in [-0.3, -0.25) is 0 Å². The predicted octanol–water partition coefficient (Wildman–Crippen LogP) is 2.58. The third-order valence-electron chi connectivity index (χ3n) is 5.21. The summed E-state index contributed by atoms with van der Waals surface area (Å²) in [5.74, 6) is -0.790. The van der Waals surface area contributed by atoms with Gasteiger partial charge in [-0.05, 0) is 75.7 Å². The Hall–Kier alpha value is -2.05. The van der Waals surface area contributed by atoms with Crippen molar-refractivity contribution in [2.75, 3.05) is 10.6 Å². The maximum atomic E-state index is 14.1. The number of halogens is 1. The van der Waals surface area contributed by atoms with Crippen molar-refractivity contribution >= 4 is 51.3 Å². The number of sulfonamides is 1. The number of anilines is 2. The summed E-state index contributed by atoms with van der Waals surface area (Å²) in [6.07, 6.45) is 0. The molecule has 11 heteroatoms. The van der Waals surface area contributed by atoms with E-state index in [9.17, 15) is 12.8 Å². The molecule has 4 N–H and O–H groups in total. The van der Waals surface area contributed by atoms with Crippen LogP contribution in [0.25, 0.3) is 0 Å². The topological polar surface area (TPSA) is 103 Å². The first-order valence-corrected chi connectivity index (χ1v) is 11.1. The van der Waals surface area contributed by atoms with Crippen molar-refractivity contribution in [3.8, 4) is 0 Å². The number of hydrogen-bond acceptors (Lipinski definition) is 5. The van der Waals surface area contributed by atoms with Crippen LogP contribution in [0.2, 0.25) is 0 Å². The van der Waals surface area contributed by atoms with E-state index in [-0.39, 0.29) is 15.7 Å². The van der Waals surface area contributed by atoms with Crippen molar-refractivity contribution in [2.45, 2.75) is 43.8 Å². The monoisotopic (exact) mass is 451 g/mol. The van der Waals surface area contributed by atoms with E-state index in [1.807, 2.05) is 39.8 Å². The molecule has 2 aromatic rings. The summed E-state index contributed by atoms with van der Waals surface area (Å²) in [6, 6.07) is 10.6. The van der Waals surface area contributed by atoms with Gasteiger partial charge in [-0.25, -0.2) is 17.9 Å². The normalized spacial score (nSPS) is 17.6. The van der Waals surface area contributed by atoms with E-state index in [2.05, 4.69) is 10.6 Å². The van der Waals surface area contributed by atoms with Gasteiger partial charge < -0.3 is 19.9 Å². The fourth-order valence-electron chi connectivity index (χ4n) is 2.76. The number of benzene rings is 2. The molecule has 2 aromatic carbocycles. The van der Waals surface area contributed by atoms with Gasteiger partial charge in [-0.1, -0.05) is 12.1 Å². The Kier molecular flexibility index (Phi) is 5.96. The fraction of sp³-hybridized carbons (Fsp3) is 0.316. The van der Waals surface area contributed by atoms with Gasteiger partial charge in [0.25, 0.3) is 0 Å². The van der Waals surface area contributed by atoms with Gasteiger partial charge >= 0.3 is 7.12 Å². The molecule has 0 saturated carbocycles. The Labute approximate surface area is 181 Å². The zero-order chi connectivity index (χ0) is 22.3. The maximum absolute atomic E-state index is 14.1. The smallest absolute Gasteiger partial charge is 0.399 e. The number of nitrogens with one attached hydrogen (secondary N) is 2. The quantitative estimate of drug-likeness (QED) is 0.485. The Morgan fingerprint density at radius 2 is 1.60 bits per heavy atom. The van der Waals surface area contributed by atoms with E-state index < -0.39 is 34.2 Å². The minimum atomic E-state index is -3.98. The number of nitrogens with two attached hydrogens (primary N) is 1. The molecule has 0 unspecified atom stereocenters. The van der Waals surface area contributed by atoms with Gasteiger partial charge in [-0.15, -0.1) is 0 Å². The fourth-order valence-corrected chi connectivity index (χ4v) is 3.51. The largest absolute Gasteiger partial charge is 0.494 e. The zero-order valence-electron chi connectivity index (χ0n) is 17.0. The summed E-state index contributed by atoms with van der Waals surface area (Å²) in [5.41, 5.74) is 0.706. The van der Waals surface area contributed by atoms with Crippen molar-refractivity contribution in [1.29, 1.82) is 0 Å². The Balaban J connectivity index is 1.64. The molecule has 0 spiro atoms. The summed E-state index contributed by atoms with van der Waals surface area (Å²) in [4.78, 5) is -0.317. The Morgan fingerprint density at radius 1 is 1.03 bits per heavy atom. The van der Waals surface area contributed by atoms with Crippen LogP contribution < -0.4 is 21.2 Å². The summed E-state index contributed by atoms with van der Waals surface area (Å²) in [7, 11) is -4.45. The molecule has 0 radical (unpaired) electrons. The number of thiocarbonyl (C=S) groups is 1. The molecule has 0 aliphatic carbocycles. The molecule has 1 aliphatic heterocycles. The summed E-state index contributed by atoms with van der Waals surface area (Å²) < 4.78 is 48.8. The van der Waals surface area contributed by atoms with Crippen LogP contribution in [-0.4, -0.2) is 31.9 Å². The Morgan fingerprint density at radius 3 is 2.10 bits per heavy atom. The molecule has 30 heavy (non-hydrogen) atoms. The summed E-state index contributed by atoms with van der Waals surface area (Å²) in [5, 5.41) is 10.8. The number of hydrogen-bond donors (Lipinski definition) is 3. The van der Waals surface area contributed by atoms with Crippen molar-refractivity contribution in [1.82, 2.24) is 0 Å². The highest BCUT2D eigenvalue weighted by molar-refractivity contribution is 7.89. The minimum Gasteiger partial charge on any atom is -0.399 e. The van der Waals surface area contributed by atoms with Crippen LogP contribution in [0, 0.1) is 5.82 Å². The van der Waals surface area contributed by atoms with Crippen LogP contribution in [0.4, 0.5) is 15.8 Å². The summed E-state index contributed by atoms with van der Waals surface area (Å²) in [6.45, 7) is 7.95. The molecule has 3 rings (SSSR count). The predicted molar refractivity (Wildman–Crippen MR) is 120 cm³/mol. The van der Waals surface area contributed by atoms with Crippen LogP contribution in [0.1, 0.15) is 27.7 Å². The molecule has 1 aliphatic rings. The number of rotatable bonds is 4. The second kappa shape index (κ2) is 7.90. The SMILES string of the molecule is CC1(C)OB(c2ccc(NC(=S)Nc3ccc(S(N)(=O)=O)cc3F)cc2)OC1(C)C. The first-order chi connectivity index (χ1) is 13.8. The van der Waals surface area contributed by atoms with Crippen molar-refractivity contribution in [3.05, 3.63) is 48.3 Å². The van der Waals surface area contributed by atoms with Crippen LogP contribution in [0.3, 0.4) is 0 Å². The molecule has 1 saturated heterocycles. The summed E-state index contributed by atoms with van der Waals surface area (Å²) >= 11 is 5.20. The van der Waals surface area contributed by atoms with Crippen molar-refractivity contribution in [2.24, 2.45) is 5.14 Å². The standard InChI is InChI=1S/C19H23BFN3O4S2/c1-18(2)19(3,4)28-20(27-18)12-5-7-13(8-6-12)23-17(29)24-16-10-9-14(11-15(16)21)30(22,25)26/h5-11H,1-4H3,(H2,22,25,26)(H2,23,24,29). The third kappa shape index (κ3) is 4.81. The molecule has 1 heterocycles. The van der Waals surface area contributed by atoms with Gasteiger partial charge in [-0.2, -0.15) is 0 Å². The third-order valence-corrected chi connectivity index (χ3v) is 6.33. The molecule has 1 fully saturated rings. The van der Waals surface area contributed by atoms with Crippen LogP contribution >= 0.6 is 12.2 Å². The molecule has 0 atom stereocenters. The van der Waals surface area contributed by atoms with Gasteiger partial charge in [0.05, 0.1) is 21.8 Å². The second-order valence-electron chi connectivity index (χ2n) is 7.98. The first kappa shape index (κ1) is 22.6. The van der Waals surface area contributed by atoms with E-state index in [0.717, 1.165) is 11.5 Å². The average Bonchev–Trinajstić information content (AvgIpc) is 2.84. The van der Waals surface area contributed by atoms with Crippen LogP contribution in [-0.2, 0) is 19.3 Å². The van der Waals surface area contributed by atoms with E-state index in [4.69, 9.17) is 26.7 Å². The van der Waals surface area contributed by atoms with E-state index in [1.54, 1.807) is 12.1 Å². The molecular weight excluding hydrogens is 428 g/mol. The van der Waals surface area contributed by atoms with E-state index in [1.165, 1.54) is 12.1 Å². The Bertz CT molecular complexity index is 1060. The lowest BCUT2D eigenvalue weighted by Gasteiger charge is -2.32. The lowest BCUT2D eigenvalue weighted by Crippen LogP contribution is -2.41. The van der Waals surface area contributed by atoms with Gasteiger partial charge in [0.1, 0.15) is 5.82 Å². The second-order valence-corrected chi connectivity index (χ2v) is 9.95. The molecule has 7 nitrogen and oxygen atoms in total. The maximum Gasteiger partial charge on any atom is 0.494 e. The van der Waals surface area contributed by atoms with Crippen LogP contribution in [0.5, 0.6) is 0 Å². The van der Waals surface area contributed by atoms with E-state index in [0.29, 0.717) is 5.69 Å². The zero-order valence-corrected chi connectivity index (χ0v) is 18.7. The van der Waals surface area contributed by atoms with Gasteiger partial charge in [0.15, 0.2) is 5.11 Å². The minimum absolute atomic E-state index is 0.0220. The lowest BCUT2D eigenvalue weighted by atomic mass is 9.79. The molecule has 0 amide bonds. The van der Waals surface area contributed by atoms with Crippen LogP contribution in [0.15, 0.2) is 47.4 Å².